The van der Waals surface area contributed by atoms with Crippen LogP contribution in [0.25, 0.3) is 0 Å². The van der Waals surface area contributed by atoms with E-state index < -0.39 is 0 Å². The minimum absolute atomic E-state index is 0.313. The van der Waals surface area contributed by atoms with E-state index in [1.165, 1.54) is 10.5 Å². The molecule has 0 radical (unpaired) electrons. The molecule has 3 heteroatoms. The van der Waals surface area contributed by atoms with Crippen molar-refractivity contribution < 1.29 is 9.53 Å². The van der Waals surface area contributed by atoms with Gasteiger partial charge in [-0.3, -0.25) is 0 Å². The first kappa shape index (κ1) is 10.6. The molecule has 1 amide bonds. The maximum Gasteiger partial charge on any atom is 0.409 e. The fraction of sp³-hybridized carbons (Fsp3) is 0.364. The Morgan fingerprint density at radius 2 is 2.14 bits per heavy atom. The first-order valence-corrected chi connectivity index (χ1v) is 4.49. The molecule has 0 unspecified atom stereocenters. The molecule has 1 aromatic carbocycles. The molecule has 0 aliphatic rings. The van der Waals surface area contributed by atoms with Gasteiger partial charge >= 0.3 is 6.09 Å². The summed E-state index contributed by atoms with van der Waals surface area (Å²) in [6, 6.07) is 7.91. The van der Waals surface area contributed by atoms with Crippen LogP contribution in [0.3, 0.4) is 0 Å². The van der Waals surface area contributed by atoms with E-state index >= 15 is 0 Å². The molecule has 1 rings (SSSR count). The SMILES string of the molecule is Cc1cccc(COC(=O)N(C)C)c1. The average molecular weight is 193 g/mol. The van der Waals surface area contributed by atoms with E-state index in [0.717, 1.165) is 5.56 Å². The predicted octanol–water partition coefficient (Wildman–Crippen LogP) is 2.19. The topological polar surface area (TPSA) is 29.5 Å². The predicted molar refractivity (Wildman–Crippen MR) is 55.1 cm³/mol. The lowest BCUT2D eigenvalue weighted by molar-refractivity contribution is 0.112. The summed E-state index contributed by atoms with van der Waals surface area (Å²) < 4.78 is 5.03. The van der Waals surface area contributed by atoms with Crippen LogP contribution in [0.15, 0.2) is 24.3 Å². The summed E-state index contributed by atoms with van der Waals surface area (Å²) in [5.41, 5.74) is 2.18. The van der Waals surface area contributed by atoms with Gasteiger partial charge in [0.2, 0.25) is 0 Å². The molecule has 0 saturated heterocycles. The second-order valence-electron chi connectivity index (χ2n) is 3.44. The maximum atomic E-state index is 11.1. The lowest BCUT2D eigenvalue weighted by atomic mass is 10.1. The maximum absolute atomic E-state index is 11.1. The van der Waals surface area contributed by atoms with Crippen molar-refractivity contribution in [3.63, 3.8) is 0 Å². The van der Waals surface area contributed by atoms with Gasteiger partial charge in [0.15, 0.2) is 0 Å². The molecule has 0 aliphatic carbocycles. The van der Waals surface area contributed by atoms with E-state index in [0.29, 0.717) is 6.61 Å². The number of ether oxygens (including phenoxy) is 1. The molecule has 1 aromatic rings. The number of hydrogen-bond donors (Lipinski definition) is 0. The largest absolute Gasteiger partial charge is 0.445 e. The summed E-state index contributed by atoms with van der Waals surface area (Å²) in [5.74, 6) is 0. The van der Waals surface area contributed by atoms with Gasteiger partial charge in [-0.25, -0.2) is 4.79 Å². The van der Waals surface area contributed by atoms with E-state index in [2.05, 4.69) is 0 Å². The molecule has 14 heavy (non-hydrogen) atoms. The van der Waals surface area contributed by atoms with Crippen molar-refractivity contribution in [1.29, 1.82) is 0 Å². The smallest absolute Gasteiger partial charge is 0.409 e. The van der Waals surface area contributed by atoms with E-state index in [1.807, 2.05) is 31.2 Å². The lowest BCUT2D eigenvalue weighted by Gasteiger charge is -2.10. The highest BCUT2D eigenvalue weighted by Gasteiger charge is 2.04. The Balaban J connectivity index is 2.50. The minimum Gasteiger partial charge on any atom is -0.445 e. The van der Waals surface area contributed by atoms with E-state index in [1.54, 1.807) is 14.1 Å². The summed E-state index contributed by atoms with van der Waals surface area (Å²) in [4.78, 5) is 12.5. The van der Waals surface area contributed by atoms with Crippen LogP contribution in [0.4, 0.5) is 4.79 Å². The standard InChI is InChI=1S/C11H15NO2/c1-9-5-4-6-10(7-9)8-14-11(13)12(2)3/h4-7H,8H2,1-3H3. The van der Waals surface area contributed by atoms with E-state index in [-0.39, 0.29) is 6.09 Å². The quantitative estimate of drug-likeness (QED) is 0.720. The number of benzene rings is 1. The van der Waals surface area contributed by atoms with Gasteiger partial charge in [-0.2, -0.15) is 0 Å². The van der Waals surface area contributed by atoms with Gasteiger partial charge in [0, 0.05) is 14.1 Å². The highest BCUT2D eigenvalue weighted by atomic mass is 16.6. The van der Waals surface area contributed by atoms with Crippen LogP contribution >= 0.6 is 0 Å². The number of rotatable bonds is 2. The molecular formula is C11H15NO2. The highest BCUT2D eigenvalue weighted by molar-refractivity contribution is 5.66. The Morgan fingerprint density at radius 3 is 2.71 bits per heavy atom. The van der Waals surface area contributed by atoms with Crippen molar-refractivity contribution in [2.75, 3.05) is 14.1 Å². The minimum atomic E-state index is -0.313. The summed E-state index contributed by atoms with van der Waals surface area (Å²) in [6.45, 7) is 2.34. The van der Waals surface area contributed by atoms with Crippen LogP contribution in [0.1, 0.15) is 11.1 Å². The highest BCUT2D eigenvalue weighted by Crippen LogP contribution is 2.05. The zero-order valence-corrected chi connectivity index (χ0v) is 8.78. The Bertz CT molecular complexity index is 321. The van der Waals surface area contributed by atoms with Gasteiger partial charge < -0.3 is 9.64 Å². The number of aryl methyl sites for hydroxylation is 1. The average Bonchev–Trinajstić information content (AvgIpc) is 2.14. The second-order valence-corrected chi connectivity index (χ2v) is 3.44. The molecule has 0 aliphatic heterocycles. The van der Waals surface area contributed by atoms with Gasteiger partial charge in [-0.05, 0) is 12.5 Å². The van der Waals surface area contributed by atoms with Crippen LogP contribution < -0.4 is 0 Å². The lowest BCUT2D eigenvalue weighted by Crippen LogP contribution is -2.22. The second kappa shape index (κ2) is 4.65. The van der Waals surface area contributed by atoms with Crippen molar-refractivity contribution in [3.8, 4) is 0 Å². The normalized spacial score (nSPS) is 9.64. The molecule has 0 N–H and O–H groups in total. The van der Waals surface area contributed by atoms with Crippen molar-refractivity contribution in [2.45, 2.75) is 13.5 Å². The first-order chi connectivity index (χ1) is 6.59. The third-order valence-corrected chi connectivity index (χ3v) is 1.81. The fourth-order valence-corrected chi connectivity index (χ4v) is 1.08. The van der Waals surface area contributed by atoms with Crippen LogP contribution in [-0.2, 0) is 11.3 Å². The number of hydrogen-bond acceptors (Lipinski definition) is 2. The van der Waals surface area contributed by atoms with E-state index in [9.17, 15) is 4.79 Å². The van der Waals surface area contributed by atoms with Crippen LogP contribution in [0, 0.1) is 6.92 Å². The zero-order valence-electron chi connectivity index (χ0n) is 8.78. The Morgan fingerprint density at radius 1 is 1.43 bits per heavy atom. The van der Waals surface area contributed by atoms with Gasteiger partial charge in [0.1, 0.15) is 6.61 Å². The third kappa shape index (κ3) is 3.09. The molecule has 76 valence electrons. The van der Waals surface area contributed by atoms with Crippen LogP contribution in [0.2, 0.25) is 0 Å². The summed E-state index contributed by atoms with van der Waals surface area (Å²) >= 11 is 0. The molecule has 0 saturated carbocycles. The van der Waals surface area contributed by atoms with Crippen molar-refractivity contribution in [1.82, 2.24) is 4.90 Å². The van der Waals surface area contributed by atoms with Crippen LogP contribution in [0.5, 0.6) is 0 Å². The molecule has 0 aromatic heterocycles. The number of carbonyl (C=O) groups excluding carboxylic acids is 1. The van der Waals surface area contributed by atoms with Gasteiger partial charge in [-0.15, -0.1) is 0 Å². The van der Waals surface area contributed by atoms with Crippen molar-refractivity contribution >= 4 is 6.09 Å². The van der Waals surface area contributed by atoms with Gasteiger partial charge in [0.05, 0.1) is 0 Å². The molecule has 3 nitrogen and oxygen atoms in total. The number of nitrogens with zero attached hydrogens (tertiary/aromatic N) is 1. The molecule has 0 atom stereocenters. The molecular weight excluding hydrogens is 178 g/mol. The Labute approximate surface area is 84.3 Å². The Kier molecular flexibility index (Phi) is 3.51. The Hall–Kier alpha value is -1.51. The zero-order chi connectivity index (χ0) is 10.6. The van der Waals surface area contributed by atoms with Crippen LogP contribution in [-0.4, -0.2) is 25.1 Å². The first-order valence-electron chi connectivity index (χ1n) is 4.49. The summed E-state index contributed by atoms with van der Waals surface area (Å²) in [6.07, 6.45) is -0.313. The monoisotopic (exact) mass is 193 g/mol. The molecule has 0 heterocycles. The van der Waals surface area contributed by atoms with Crippen molar-refractivity contribution in [3.05, 3.63) is 35.4 Å². The molecule has 0 fully saturated rings. The number of carbonyl (C=O) groups is 1. The summed E-state index contributed by atoms with van der Waals surface area (Å²) in [7, 11) is 3.33. The van der Waals surface area contributed by atoms with E-state index in [4.69, 9.17) is 4.74 Å². The summed E-state index contributed by atoms with van der Waals surface area (Å²) in [5, 5.41) is 0. The van der Waals surface area contributed by atoms with Gasteiger partial charge in [0.25, 0.3) is 0 Å². The number of amides is 1. The van der Waals surface area contributed by atoms with Crippen molar-refractivity contribution in [2.24, 2.45) is 0 Å². The van der Waals surface area contributed by atoms with Gasteiger partial charge in [-0.1, -0.05) is 29.8 Å². The fourth-order valence-electron chi connectivity index (χ4n) is 1.08. The third-order valence-electron chi connectivity index (χ3n) is 1.81. The molecule has 0 spiro atoms. The molecule has 0 bridgehead atoms.